The van der Waals surface area contributed by atoms with Gasteiger partial charge in [-0.05, 0) is 34.1 Å². The van der Waals surface area contributed by atoms with Gasteiger partial charge in [0.25, 0.3) is 0 Å². The summed E-state index contributed by atoms with van der Waals surface area (Å²) in [6, 6.07) is 7.40. The average Bonchev–Trinajstić information content (AvgIpc) is 2.28. The standard InChI is InChI=1S/C11H9BrClN3/c12-11-7(13)2-1-3-10(11)16-9-4-5-15-6-8(9)14/h1-6H,14H2,(H,15,16). The van der Waals surface area contributed by atoms with Gasteiger partial charge in [0.15, 0.2) is 0 Å². The minimum atomic E-state index is 0.592. The van der Waals surface area contributed by atoms with Gasteiger partial charge in [0.05, 0.1) is 32.8 Å². The minimum Gasteiger partial charge on any atom is -0.396 e. The molecule has 0 spiro atoms. The molecule has 1 aromatic carbocycles. The van der Waals surface area contributed by atoms with Crippen molar-refractivity contribution in [3.8, 4) is 0 Å². The number of halogens is 2. The summed E-state index contributed by atoms with van der Waals surface area (Å²) in [5.41, 5.74) is 8.05. The van der Waals surface area contributed by atoms with Crippen LogP contribution in [0.4, 0.5) is 17.1 Å². The Morgan fingerprint density at radius 3 is 2.81 bits per heavy atom. The summed E-state index contributed by atoms with van der Waals surface area (Å²) >= 11 is 9.40. The molecule has 0 bridgehead atoms. The van der Waals surface area contributed by atoms with Crippen molar-refractivity contribution in [2.45, 2.75) is 0 Å². The van der Waals surface area contributed by atoms with E-state index >= 15 is 0 Å². The first kappa shape index (κ1) is 11.2. The van der Waals surface area contributed by atoms with Gasteiger partial charge in [-0.25, -0.2) is 0 Å². The molecule has 0 amide bonds. The van der Waals surface area contributed by atoms with Crippen molar-refractivity contribution < 1.29 is 0 Å². The van der Waals surface area contributed by atoms with E-state index in [9.17, 15) is 0 Å². The molecule has 16 heavy (non-hydrogen) atoms. The van der Waals surface area contributed by atoms with Crippen LogP contribution in [-0.2, 0) is 0 Å². The third-order valence-corrected chi connectivity index (χ3v) is 3.47. The van der Waals surface area contributed by atoms with Gasteiger partial charge in [0.2, 0.25) is 0 Å². The van der Waals surface area contributed by atoms with Crippen molar-refractivity contribution in [3.63, 3.8) is 0 Å². The van der Waals surface area contributed by atoms with Crippen LogP contribution < -0.4 is 11.1 Å². The highest BCUT2D eigenvalue weighted by molar-refractivity contribution is 9.10. The van der Waals surface area contributed by atoms with Crippen LogP contribution in [-0.4, -0.2) is 4.98 Å². The van der Waals surface area contributed by atoms with E-state index in [1.165, 1.54) is 0 Å². The van der Waals surface area contributed by atoms with Crippen LogP contribution in [0.1, 0.15) is 0 Å². The van der Waals surface area contributed by atoms with Gasteiger partial charge in [-0.1, -0.05) is 17.7 Å². The molecule has 0 atom stereocenters. The molecule has 2 rings (SSSR count). The van der Waals surface area contributed by atoms with E-state index in [4.69, 9.17) is 17.3 Å². The summed E-state index contributed by atoms with van der Waals surface area (Å²) in [5.74, 6) is 0. The molecule has 0 aliphatic heterocycles. The summed E-state index contributed by atoms with van der Waals surface area (Å²) in [6.07, 6.45) is 3.28. The maximum Gasteiger partial charge on any atom is 0.0739 e. The SMILES string of the molecule is Nc1cnccc1Nc1cccc(Cl)c1Br. The third-order valence-electron chi connectivity index (χ3n) is 2.07. The Labute approximate surface area is 107 Å². The number of nitrogens with two attached hydrogens (primary N) is 1. The fraction of sp³-hybridized carbons (Fsp3) is 0. The van der Waals surface area contributed by atoms with Crippen LogP contribution in [0.25, 0.3) is 0 Å². The first-order chi connectivity index (χ1) is 7.68. The van der Waals surface area contributed by atoms with E-state index in [0.29, 0.717) is 10.7 Å². The highest BCUT2D eigenvalue weighted by atomic mass is 79.9. The molecule has 3 N–H and O–H groups in total. The number of hydrogen-bond acceptors (Lipinski definition) is 3. The minimum absolute atomic E-state index is 0.592. The fourth-order valence-electron chi connectivity index (χ4n) is 1.27. The van der Waals surface area contributed by atoms with Gasteiger partial charge in [-0.3, -0.25) is 4.98 Å². The predicted octanol–water partition coefficient (Wildman–Crippen LogP) is 3.82. The molecule has 0 fully saturated rings. The Morgan fingerprint density at radius 1 is 1.25 bits per heavy atom. The van der Waals surface area contributed by atoms with Crippen LogP contribution in [0, 0.1) is 0 Å². The largest absolute Gasteiger partial charge is 0.396 e. The number of benzene rings is 1. The number of rotatable bonds is 2. The zero-order valence-electron chi connectivity index (χ0n) is 8.24. The van der Waals surface area contributed by atoms with Gasteiger partial charge in [-0.2, -0.15) is 0 Å². The number of anilines is 3. The number of nitrogens with zero attached hydrogens (tertiary/aromatic N) is 1. The molecule has 1 aromatic heterocycles. The molecule has 2 aromatic rings. The second kappa shape index (κ2) is 4.72. The predicted molar refractivity (Wildman–Crippen MR) is 71.1 cm³/mol. The lowest BCUT2D eigenvalue weighted by molar-refractivity contribution is 1.33. The lowest BCUT2D eigenvalue weighted by atomic mass is 10.3. The van der Waals surface area contributed by atoms with E-state index in [-0.39, 0.29) is 0 Å². The number of aromatic nitrogens is 1. The quantitative estimate of drug-likeness (QED) is 0.886. The Bertz CT molecular complexity index is 516. The highest BCUT2D eigenvalue weighted by Crippen LogP contribution is 2.33. The van der Waals surface area contributed by atoms with Crippen molar-refractivity contribution in [2.24, 2.45) is 0 Å². The van der Waals surface area contributed by atoms with Gasteiger partial charge >= 0.3 is 0 Å². The van der Waals surface area contributed by atoms with E-state index in [2.05, 4.69) is 26.2 Å². The maximum atomic E-state index is 5.99. The molecule has 0 saturated heterocycles. The van der Waals surface area contributed by atoms with Gasteiger partial charge in [0.1, 0.15) is 0 Å². The molecular weight excluding hydrogens is 289 g/mol. The van der Waals surface area contributed by atoms with Crippen molar-refractivity contribution in [2.75, 3.05) is 11.1 Å². The number of hydrogen-bond donors (Lipinski definition) is 2. The summed E-state index contributed by atoms with van der Waals surface area (Å²) in [4.78, 5) is 3.92. The summed E-state index contributed by atoms with van der Waals surface area (Å²) < 4.78 is 0.813. The number of nitrogen functional groups attached to an aromatic ring is 1. The summed E-state index contributed by atoms with van der Waals surface area (Å²) in [5, 5.41) is 3.84. The molecule has 0 aliphatic carbocycles. The zero-order chi connectivity index (χ0) is 11.5. The Kier molecular flexibility index (Phi) is 3.31. The van der Waals surface area contributed by atoms with E-state index in [1.807, 2.05) is 24.3 Å². The molecule has 0 unspecified atom stereocenters. The van der Waals surface area contributed by atoms with Crippen LogP contribution >= 0.6 is 27.5 Å². The second-order valence-electron chi connectivity index (χ2n) is 3.19. The van der Waals surface area contributed by atoms with Crippen LogP contribution in [0.15, 0.2) is 41.1 Å². The van der Waals surface area contributed by atoms with Crippen LogP contribution in [0.3, 0.4) is 0 Å². The topological polar surface area (TPSA) is 50.9 Å². The van der Waals surface area contributed by atoms with Gasteiger partial charge in [0, 0.05) is 6.20 Å². The molecule has 0 aliphatic rings. The second-order valence-corrected chi connectivity index (χ2v) is 4.39. The third kappa shape index (κ3) is 2.28. The molecule has 5 heteroatoms. The van der Waals surface area contributed by atoms with Crippen molar-refractivity contribution in [1.82, 2.24) is 4.98 Å². The molecule has 0 radical (unpaired) electrons. The summed E-state index contributed by atoms with van der Waals surface area (Å²) in [7, 11) is 0. The van der Waals surface area contributed by atoms with Crippen molar-refractivity contribution in [3.05, 3.63) is 46.2 Å². The lowest BCUT2D eigenvalue weighted by Gasteiger charge is -2.10. The zero-order valence-corrected chi connectivity index (χ0v) is 10.6. The van der Waals surface area contributed by atoms with E-state index in [1.54, 1.807) is 12.4 Å². The van der Waals surface area contributed by atoms with Crippen molar-refractivity contribution in [1.29, 1.82) is 0 Å². The first-order valence-corrected chi connectivity index (χ1v) is 5.76. The van der Waals surface area contributed by atoms with Crippen molar-refractivity contribution >= 4 is 44.6 Å². The van der Waals surface area contributed by atoms with E-state index in [0.717, 1.165) is 15.8 Å². The smallest absolute Gasteiger partial charge is 0.0739 e. The average molecular weight is 299 g/mol. The normalized spacial score (nSPS) is 10.1. The first-order valence-electron chi connectivity index (χ1n) is 4.59. The van der Waals surface area contributed by atoms with Gasteiger partial charge < -0.3 is 11.1 Å². The van der Waals surface area contributed by atoms with Gasteiger partial charge in [-0.15, -0.1) is 0 Å². The fourth-order valence-corrected chi connectivity index (χ4v) is 1.80. The lowest BCUT2D eigenvalue weighted by Crippen LogP contribution is -1.97. The molecule has 3 nitrogen and oxygen atoms in total. The maximum absolute atomic E-state index is 5.99. The van der Waals surface area contributed by atoms with Crippen LogP contribution in [0.5, 0.6) is 0 Å². The molecule has 82 valence electrons. The highest BCUT2D eigenvalue weighted by Gasteiger charge is 2.05. The molecule has 1 heterocycles. The Balaban J connectivity index is 2.35. The van der Waals surface area contributed by atoms with Crippen LogP contribution in [0.2, 0.25) is 5.02 Å². The number of pyridine rings is 1. The Hall–Kier alpha value is -1.26. The molecule has 0 saturated carbocycles. The monoisotopic (exact) mass is 297 g/mol. The van der Waals surface area contributed by atoms with E-state index < -0.39 is 0 Å². The number of nitrogens with one attached hydrogen (secondary N) is 1. The molecular formula is C11H9BrClN3. The Morgan fingerprint density at radius 2 is 2.06 bits per heavy atom. The summed E-state index contributed by atoms with van der Waals surface area (Å²) in [6.45, 7) is 0.